The number of hydrogen-bond donors (Lipinski definition) is 0. The van der Waals surface area contributed by atoms with Gasteiger partial charge >= 0.3 is 6.09 Å². The van der Waals surface area contributed by atoms with Crippen LogP contribution in [0.2, 0.25) is 0 Å². The summed E-state index contributed by atoms with van der Waals surface area (Å²) >= 11 is 0. The fourth-order valence-corrected chi connectivity index (χ4v) is 6.19. The number of rotatable bonds is 4. The predicted molar refractivity (Wildman–Crippen MR) is 137 cm³/mol. The van der Waals surface area contributed by atoms with E-state index in [1.165, 1.54) is 28.3 Å². The minimum Gasteiger partial charge on any atom is -0.448 e. The summed E-state index contributed by atoms with van der Waals surface area (Å²) in [4.78, 5) is 15.3. The first-order valence-electron chi connectivity index (χ1n) is 12.6. The van der Waals surface area contributed by atoms with Crippen molar-refractivity contribution in [3.05, 3.63) is 101 Å². The summed E-state index contributed by atoms with van der Waals surface area (Å²) in [6, 6.07) is 23.8. The van der Waals surface area contributed by atoms with Gasteiger partial charge in [-0.3, -0.25) is 4.90 Å². The molecule has 2 heterocycles. The van der Waals surface area contributed by atoms with Gasteiger partial charge in [-0.05, 0) is 71.2 Å². The highest BCUT2D eigenvalue weighted by molar-refractivity contribution is 5.79. The van der Waals surface area contributed by atoms with Crippen LogP contribution in [-0.4, -0.2) is 29.7 Å². The van der Waals surface area contributed by atoms with Gasteiger partial charge in [0, 0.05) is 17.5 Å². The highest BCUT2D eigenvalue weighted by Gasteiger charge is 2.39. The van der Waals surface area contributed by atoms with Crippen molar-refractivity contribution in [2.24, 2.45) is 0 Å². The number of nitrogens with zero attached hydrogens (tertiary/aromatic N) is 2. The summed E-state index contributed by atoms with van der Waals surface area (Å²) in [6.45, 7) is 0.314. The molecule has 0 radical (unpaired) electrons. The molecular formula is C31H27FN2O2. The van der Waals surface area contributed by atoms with E-state index in [9.17, 15) is 9.18 Å². The maximum Gasteiger partial charge on any atom is 0.410 e. The van der Waals surface area contributed by atoms with Crippen LogP contribution >= 0.6 is 0 Å². The minimum absolute atomic E-state index is 0.0346. The van der Waals surface area contributed by atoms with Crippen molar-refractivity contribution in [3.63, 3.8) is 0 Å². The largest absolute Gasteiger partial charge is 0.448 e. The lowest BCUT2D eigenvalue weighted by Gasteiger charge is -2.44. The normalized spacial score (nSPS) is 20.2. The van der Waals surface area contributed by atoms with E-state index in [4.69, 9.17) is 10.00 Å². The van der Waals surface area contributed by atoms with E-state index in [1.807, 2.05) is 35.2 Å². The van der Waals surface area contributed by atoms with Crippen LogP contribution in [0.4, 0.5) is 9.18 Å². The molecule has 180 valence electrons. The third-order valence-corrected chi connectivity index (χ3v) is 7.87. The number of ether oxygens (including phenoxy) is 1. The summed E-state index contributed by atoms with van der Waals surface area (Å²) in [5, 5.41) is 9.02. The van der Waals surface area contributed by atoms with Crippen molar-refractivity contribution in [1.82, 2.24) is 4.90 Å². The SMILES string of the molecule is N#CCc1cc(C2=CC3CCCC(C2)N3C(=O)OCC2c3ccccc3-c3ccccc32)ccc1F. The molecule has 3 aromatic rings. The molecule has 1 fully saturated rings. The monoisotopic (exact) mass is 478 g/mol. The topological polar surface area (TPSA) is 53.3 Å². The Kier molecular flexibility index (Phi) is 5.81. The van der Waals surface area contributed by atoms with Crippen molar-refractivity contribution in [3.8, 4) is 17.2 Å². The lowest BCUT2D eigenvalue weighted by atomic mass is 9.83. The number of piperidine rings is 1. The molecule has 2 unspecified atom stereocenters. The van der Waals surface area contributed by atoms with Crippen LogP contribution in [0.3, 0.4) is 0 Å². The Labute approximate surface area is 210 Å². The van der Waals surface area contributed by atoms with Gasteiger partial charge in [-0.1, -0.05) is 60.7 Å². The van der Waals surface area contributed by atoms with Gasteiger partial charge in [0.05, 0.1) is 18.5 Å². The maximum absolute atomic E-state index is 14.1. The molecule has 4 nitrogen and oxygen atoms in total. The number of carbonyl (C=O) groups is 1. The Morgan fingerprint density at radius 3 is 2.44 bits per heavy atom. The molecule has 2 atom stereocenters. The molecule has 5 heteroatoms. The molecule has 2 aliphatic heterocycles. The van der Waals surface area contributed by atoms with Gasteiger partial charge in [0.1, 0.15) is 12.4 Å². The van der Waals surface area contributed by atoms with Crippen LogP contribution in [0.1, 0.15) is 53.9 Å². The fourth-order valence-electron chi connectivity index (χ4n) is 6.19. The number of carbonyl (C=O) groups excluding carboxylic acids is 1. The van der Waals surface area contributed by atoms with Crippen molar-refractivity contribution in [2.75, 3.05) is 6.61 Å². The number of hydrogen-bond acceptors (Lipinski definition) is 3. The van der Waals surface area contributed by atoms with Crippen LogP contribution < -0.4 is 0 Å². The van der Waals surface area contributed by atoms with Gasteiger partial charge in [-0.2, -0.15) is 5.26 Å². The number of nitriles is 1. The number of fused-ring (bicyclic) bond motifs is 5. The molecule has 0 aromatic heterocycles. The maximum atomic E-state index is 14.1. The Bertz CT molecular complexity index is 1360. The van der Waals surface area contributed by atoms with Crippen LogP contribution in [-0.2, 0) is 11.2 Å². The van der Waals surface area contributed by atoms with Crippen molar-refractivity contribution >= 4 is 11.7 Å². The fraction of sp³-hybridized carbons (Fsp3) is 0.290. The first-order chi connectivity index (χ1) is 17.6. The quantitative estimate of drug-likeness (QED) is 0.412. The van der Waals surface area contributed by atoms with E-state index in [0.29, 0.717) is 18.6 Å². The first-order valence-corrected chi connectivity index (χ1v) is 12.6. The summed E-state index contributed by atoms with van der Waals surface area (Å²) in [5.41, 5.74) is 7.31. The highest BCUT2D eigenvalue weighted by Crippen LogP contribution is 2.45. The summed E-state index contributed by atoms with van der Waals surface area (Å²) < 4.78 is 20.1. The van der Waals surface area contributed by atoms with Crippen LogP contribution in [0.15, 0.2) is 72.8 Å². The van der Waals surface area contributed by atoms with Gasteiger partial charge in [-0.25, -0.2) is 9.18 Å². The molecule has 2 bridgehead atoms. The van der Waals surface area contributed by atoms with Crippen LogP contribution in [0.5, 0.6) is 0 Å². The Morgan fingerprint density at radius 2 is 1.75 bits per heavy atom. The van der Waals surface area contributed by atoms with E-state index in [0.717, 1.165) is 30.4 Å². The van der Waals surface area contributed by atoms with E-state index >= 15 is 0 Å². The Balaban J connectivity index is 1.21. The molecule has 1 aliphatic carbocycles. The third kappa shape index (κ3) is 3.87. The van der Waals surface area contributed by atoms with Gasteiger partial charge in [0.2, 0.25) is 0 Å². The van der Waals surface area contributed by atoms with Crippen molar-refractivity contribution in [1.29, 1.82) is 5.26 Å². The number of benzene rings is 3. The van der Waals surface area contributed by atoms with E-state index in [1.54, 1.807) is 12.1 Å². The van der Waals surface area contributed by atoms with Crippen LogP contribution in [0, 0.1) is 17.1 Å². The zero-order chi connectivity index (χ0) is 24.6. The first kappa shape index (κ1) is 22.5. The lowest BCUT2D eigenvalue weighted by Crippen LogP contribution is -2.51. The molecule has 0 N–H and O–H groups in total. The van der Waals surface area contributed by atoms with Gasteiger partial charge < -0.3 is 4.74 Å². The number of halogens is 1. The number of amides is 1. The molecule has 1 amide bonds. The highest BCUT2D eigenvalue weighted by atomic mass is 19.1. The average Bonchev–Trinajstić information content (AvgIpc) is 3.21. The third-order valence-electron chi connectivity index (χ3n) is 7.87. The predicted octanol–water partition coefficient (Wildman–Crippen LogP) is 6.85. The molecule has 36 heavy (non-hydrogen) atoms. The summed E-state index contributed by atoms with van der Waals surface area (Å²) in [6.07, 6.45) is 5.51. The second-order valence-corrected chi connectivity index (χ2v) is 9.90. The molecule has 6 rings (SSSR count). The Hall–Kier alpha value is -3.91. The molecular weight excluding hydrogens is 451 g/mol. The van der Waals surface area contributed by atoms with Crippen molar-refractivity contribution < 1.29 is 13.9 Å². The van der Waals surface area contributed by atoms with E-state index in [-0.39, 0.29) is 36.3 Å². The van der Waals surface area contributed by atoms with E-state index in [2.05, 4.69) is 30.3 Å². The summed E-state index contributed by atoms with van der Waals surface area (Å²) in [5.74, 6) is -0.313. The van der Waals surface area contributed by atoms with Gasteiger partial charge in [-0.15, -0.1) is 0 Å². The minimum atomic E-state index is -0.350. The van der Waals surface area contributed by atoms with Gasteiger partial charge in [0.25, 0.3) is 0 Å². The smallest absolute Gasteiger partial charge is 0.410 e. The molecule has 3 aliphatic rings. The summed E-state index contributed by atoms with van der Waals surface area (Å²) in [7, 11) is 0. The second-order valence-electron chi connectivity index (χ2n) is 9.90. The van der Waals surface area contributed by atoms with Gasteiger partial charge in [0.15, 0.2) is 0 Å². The van der Waals surface area contributed by atoms with Crippen molar-refractivity contribution in [2.45, 2.75) is 50.1 Å². The van der Waals surface area contributed by atoms with E-state index < -0.39 is 0 Å². The molecule has 3 aromatic carbocycles. The standard InChI is InChI=1S/C31H27FN2O2/c32-30-13-12-20(16-21(30)14-15-33)22-17-23-6-5-7-24(18-22)34(23)31(35)36-19-29-27-10-3-1-8-25(27)26-9-2-4-11-28(26)29/h1-4,8-13,16-17,23-24,29H,5-7,14,18-19H2. The lowest BCUT2D eigenvalue weighted by molar-refractivity contribution is 0.0539. The molecule has 1 saturated heterocycles. The average molecular weight is 479 g/mol. The Morgan fingerprint density at radius 1 is 1.03 bits per heavy atom. The van der Waals surface area contributed by atoms with Crippen LogP contribution in [0.25, 0.3) is 16.7 Å². The zero-order valence-electron chi connectivity index (χ0n) is 20.0. The molecule has 0 saturated carbocycles. The molecule has 0 spiro atoms. The zero-order valence-corrected chi connectivity index (χ0v) is 20.0. The second kappa shape index (κ2) is 9.28.